The third kappa shape index (κ3) is 5.80. The van der Waals surface area contributed by atoms with E-state index < -0.39 is 0 Å². The smallest absolute Gasteiger partial charge is 0.279 e. The average Bonchev–Trinajstić information content (AvgIpc) is 2.75. The number of hydrogen-bond donors (Lipinski definition) is 2. The highest BCUT2D eigenvalue weighted by molar-refractivity contribution is 5.93. The summed E-state index contributed by atoms with van der Waals surface area (Å²) in [6, 6.07) is 14.3. The van der Waals surface area contributed by atoms with Crippen molar-refractivity contribution in [3.63, 3.8) is 0 Å². The van der Waals surface area contributed by atoms with Gasteiger partial charge in [-0.05, 0) is 48.6 Å². The molecule has 1 aliphatic heterocycles. The van der Waals surface area contributed by atoms with Crippen LogP contribution < -0.4 is 10.2 Å². The maximum atomic E-state index is 12.5. The largest absolute Gasteiger partial charge is 0.328 e. The molecule has 0 spiro atoms. The first-order valence-corrected chi connectivity index (χ1v) is 10.7. The number of carbonyl (C=O) groups excluding carboxylic acids is 2. The fraction of sp³-hybridized carbons (Fsp3) is 0.360. The van der Waals surface area contributed by atoms with Crippen LogP contribution in [0.2, 0.25) is 0 Å². The SMILES string of the molecule is CCc1ccc(/C=C/C(=O)N2CC[NH+](CC(=O)Nc3c(C)cccc3C)CC2)cc1. The first-order chi connectivity index (χ1) is 14.5. The van der Waals surface area contributed by atoms with Gasteiger partial charge in [-0.2, -0.15) is 0 Å². The maximum Gasteiger partial charge on any atom is 0.279 e. The van der Waals surface area contributed by atoms with E-state index in [1.807, 2.05) is 55.2 Å². The van der Waals surface area contributed by atoms with E-state index in [0.717, 1.165) is 41.9 Å². The maximum absolute atomic E-state index is 12.5. The normalized spacial score (nSPS) is 14.8. The zero-order chi connectivity index (χ0) is 21.5. The Labute approximate surface area is 179 Å². The standard InChI is InChI=1S/C25H31N3O2/c1-4-21-8-10-22(11-9-21)12-13-24(30)28-16-14-27(15-17-28)18-23(29)26-25-19(2)6-5-7-20(25)3/h5-13H,4,14-18H2,1-3H3,(H,26,29)/p+1/b13-12+. The molecule has 0 aromatic heterocycles. The third-order valence-corrected chi connectivity index (χ3v) is 5.74. The second-order valence-corrected chi connectivity index (χ2v) is 8.00. The molecule has 2 N–H and O–H groups in total. The molecule has 158 valence electrons. The molecule has 1 heterocycles. The van der Waals surface area contributed by atoms with Crippen molar-refractivity contribution in [1.82, 2.24) is 4.90 Å². The zero-order valence-electron chi connectivity index (χ0n) is 18.2. The Bertz CT molecular complexity index is 890. The number of nitrogens with one attached hydrogen (secondary N) is 2. The number of carbonyl (C=O) groups is 2. The predicted octanol–water partition coefficient (Wildman–Crippen LogP) is 2.24. The Morgan fingerprint density at radius 2 is 1.67 bits per heavy atom. The Morgan fingerprint density at radius 3 is 2.27 bits per heavy atom. The van der Waals surface area contributed by atoms with Crippen molar-refractivity contribution in [3.8, 4) is 0 Å². The summed E-state index contributed by atoms with van der Waals surface area (Å²) in [5, 5.41) is 3.05. The number of para-hydroxylation sites is 1. The molecule has 30 heavy (non-hydrogen) atoms. The summed E-state index contributed by atoms with van der Waals surface area (Å²) < 4.78 is 0. The number of nitrogens with zero attached hydrogens (tertiary/aromatic N) is 1. The van der Waals surface area contributed by atoms with Gasteiger partial charge < -0.3 is 15.1 Å². The lowest BCUT2D eigenvalue weighted by Crippen LogP contribution is -3.15. The van der Waals surface area contributed by atoms with Gasteiger partial charge in [-0.3, -0.25) is 9.59 Å². The van der Waals surface area contributed by atoms with Crippen molar-refractivity contribution in [2.75, 3.05) is 38.0 Å². The van der Waals surface area contributed by atoms with Crippen LogP contribution in [0.1, 0.15) is 29.2 Å². The minimum absolute atomic E-state index is 0.0256. The molecule has 0 radical (unpaired) electrons. The lowest BCUT2D eigenvalue weighted by atomic mass is 10.1. The molecule has 0 atom stereocenters. The van der Waals surface area contributed by atoms with Crippen LogP contribution in [0.4, 0.5) is 5.69 Å². The quantitative estimate of drug-likeness (QED) is 0.723. The molecular formula is C25H32N3O2+. The molecule has 0 bridgehead atoms. The van der Waals surface area contributed by atoms with E-state index in [2.05, 4.69) is 24.4 Å². The van der Waals surface area contributed by atoms with Crippen molar-refractivity contribution >= 4 is 23.6 Å². The van der Waals surface area contributed by atoms with E-state index in [0.29, 0.717) is 19.6 Å². The van der Waals surface area contributed by atoms with Gasteiger partial charge in [-0.25, -0.2) is 0 Å². The van der Waals surface area contributed by atoms with Crippen molar-refractivity contribution in [2.45, 2.75) is 27.2 Å². The van der Waals surface area contributed by atoms with E-state index in [1.165, 1.54) is 10.5 Å². The summed E-state index contributed by atoms with van der Waals surface area (Å²) in [5.41, 5.74) is 5.38. The number of hydrogen-bond acceptors (Lipinski definition) is 2. The van der Waals surface area contributed by atoms with Crippen LogP contribution in [-0.2, 0) is 16.0 Å². The molecule has 1 aliphatic rings. The topological polar surface area (TPSA) is 53.9 Å². The van der Waals surface area contributed by atoms with Crippen LogP contribution in [0.25, 0.3) is 6.08 Å². The van der Waals surface area contributed by atoms with Crippen LogP contribution >= 0.6 is 0 Å². The molecule has 5 heteroatoms. The fourth-order valence-corrected chi connectivity index (χ4v) is 3.78. The van der Waals surface area contributed by atoms with E-state index >= 15 is 0 Å². The summed E-state index contributed by atoms with van der Waals surface area (Å²) in [6.45, 7) is 9.47. The average molecular weight is 407 g/mol. The van der Waals surface area contributed by atoms with Gasteiger partial charge in [0.15, 0.2) is 6.54 Å². The lowest BCUT2D eigenvalue weighted by Gasteiger charge is -2.31. The Balaban J connectivity index is 1.46. The van der Waals surface area contributed by atoms with Crippen molar-refractivity contribution in [2.24, 2.45) is 0 Å². The van der Waals surface area contributed by atoms with E-state index in [9.17, 15) is 9.59 Å². The minimum atomic E-state index is 0.0256. The number of anilines is 1. The molecule has 2 amide bonds. The van der Waals surface area contributed by atoms with Gasteiger partial charge in [-0.1, -0.05) is 49.4 Å². The van der Waals surface area contributed by atoms with Gasteiger partial charge in [-0.15, -0.1) is 0 Å². The highest BCUT2D eigenvalue weighted by Crippen LogP contribution is 2.18. The Hall–Kier alpha value is -2.92. The van der Waals surface area contributed by atoms with Crippen LogP contribution in [0.3, 0.4) is 0 Å². The van der Waals surface area contributed by atoms with Gasteiger partial charge in [0.25, 0.3) is 5.91 Å². The van der Waals surface area contributed by atoms with Gasteiger partial charge in [0.1, 0.15) is 0 Å². The zero-order valence-corrected chi connectivity index (χ0v) is 18.2. The Kier molecular flexibility index (Phi) is 7.41. The molecule has 0 unspecified atom stereocenters. The molecule has 1 fully saturated rings. The van der Waals surface area contributed by atoms with Crippen LogP contribution in [0.15, 0.2) is 48.5 Å². The molecule has 0 aliphatic carbocycles. The summed E-state index contributed by atoms with van der Waals surface area (Å²) >= 11 is 0. The lowest BCUT2D eigenvalue weighted by molar-refractivity contribution is -0.895. The van der Waals surface area contributed by atoms with Crippen molar-refractivity contribution in [3.05, 3.63) is 70.8 Å². The second-order valence-electron chi connectivity index (χ2n) is 8.00. The fourth-order valence-electron chi connectivity index (χ4n) is 3.78. The molecule has 1 saturated heterocycles. The number of benzene rings is 2. The molecule has 0 saturated carbocycles. The molecule has 3 rings (SSSR count). The number of amides is 2. The molecule has 2 aromatic carbocycles. The van der Waals surface area contributed by atoms with E-state index in [4.69, 9.17) is 0 Å². The monoisotopic (exact) mass is 406 g/mol. The van der Waals surface area contributed by atoms with Crippen LogP contribution in [0, 0.1) is 13.8 Å². The van der Waals surface area contributed by atoms with Gasteiger partial charge in [0.2, 0.25) is 5.91 Å². The van der Waals surface area contributed by atoms with Crippen molar-refractivity contribution in [1.29, 1.82) is 0 Å². The first-order valence-electron chi connectivity index (χ1n) is 10.7. The molecule has 5 nitrogen and oxygen atoms in total. The summed E-state index contributed by atoms with van der Waals surface area (Å²) in [7, 11) is 0. The highest BCUT2D eigenvalue weighted by Gasteiger charge is 2.24. The predicted molar refractivity (Wildman–Crippen MR) is 122 cm³/mol. The van der Waals surface area contributed by atoms with E-state index in [1.54, 1.807) is 6.08 Å². The molecule has 2 aromatic rings. The van der Waals surface area contributed by atoms with Crippen molar-refractivity contribution < 1.29 is 14.5 Å². The highest BCUT2D eigenvalue weighted by atomic mass is 16.2. The number of piperazine rings is 1. The number of aryl methyl sites for hydroxylation is 3. The summed E-state index contributed by atoms with van der Waals surface area (Å²) in [6.07, 6.45) is 4.54. The molecular weight excluding hydrogens is 374 g/mol. The van der Waals surface area contributed by atoms with Crippen LogP contribution in [-0.4, -0.2) is 49.4 Å². The summed E-state index contributed by atoms with van der Waals surface area (Å²) in [4.78, 5) is 28.0. The van der Waals surface area contributed by atoms with E-state index in [-0.39, 0.29) is 11.8 Å². The number of quaternary nitrogens is 1. The van der Waals surface area contributed by atoms with Gasteiger partial charge in [0.05, 0.1) is 26.2 Å². The Morgan fingerprint density at radius 1 is 1.03 bits per heavy atom. The third-order valence-electron chi connectivity index (χ3n) is 5.74. The van der Waals surface area contributed by atoms with Gasteiger partial charge in [0, 0.05) is 11.8 Å². The minimum Gasteiger partial charge on any atom is -0.328 e. The second kappa shape index (κ2) is 10.2. The first kappa shape index (κ1) is 21.8. The van der Waals surface area contributed by atoms with Gasteiger partial charge >= 0.3 is 0 Å². The summed E-state index contributed by atoms with van der Waals surface area (Å²) in [5.74, 6) is 0.0613. The number of rotatable bonds is 6. The van der Waals surface area contributed by atoms with Crippen LogP contribution in [0.5, 0.6) is 0 Å².